The van der Waals surface area contributed by atoms with E-state index in [-0.39, 0.29) is 11.1 Å². The van der Waals surface area contributed by atoms with Gasteiger partial charge in [0.15, 0.2) is 0 Å². The maximum absolute atomic E-state index is 13.6. The Morgan fingerprint density at radius 3 is 2.75 bits per heavy atom. The number of benzene rings is 1. The summed E-state index contributed by atoms with van der Waals surface area (Å²) in [5, 5.41) is 12.0. The third kappa shape index (κ3) is 4.18. The van der Waals surface area contributed by atoms with Crippen LogP contribution in [0.15, 0.2) is 53.6 Å². The zero-order valence-electron chi connectivity index (χ0n) is 16.6. The van der Waals surface area contributed by atoms with Gasteiger partial charge in [0.1, 0.15) is 6.04 Å². The molecule has 2 aromatic heterocycles. The van der Waals surface area contributed by atoms with Gasteiger partial charge in [0.05, 0.1) is 30.2 Å². The van der Waals surface area contributed by atoms with Gasteiger partial charge in [-0.25, -0.2) is 8.78 Å². The second-order valence-electron chi connectivity index (χ2n) is 7.44. The number of halogens is 2. The number of fused-ring (bicyclic) bond motifs is 1. The molecule has 32 heavy (non-hydrogen) atoms. The van der Waals surface area contributed by atoms with Crippen molar-refractivity contribution < 1.29 is 18.4 Å². The van der Waals surface area contributed by atoms with Crippen molar-refractivity contribution in [2.45, 2.75) is 18.4 Å². The smallest absolute Gasteiger partial charge is 0.268 e. The Labute approximate surface area is 180 Å². The lowest BCUT2D eigenvalue weighted by atomic mass is 10.0. The summed E-state index contributed by atoms with van der Waals surface area (Å²) >= 11 is 0. The number of pyridine rings is 2. The molecule has 1 aromatic carbocycles. The highest BCUT2D eigenvalue weighted by atomic mass is 19.3. The van der Waals surface area contributed by atoms with Crippen LogP contribution >= 0.6 is 0 Å². The summed E-state index contributed by atoms with van der Waals surface area (Å²) in [6.07, 6.45) is 2.28. The SMILES string of the molecule is N#CC1CC(F)(F)CN1C(=O)CNC(=O)c1ccnc2ccc(-c3ccc(=O)[nH]c3)cc12. The molecule has 0 spiro atoms. The van der Waals surface area contributed by atoms with E-state index >= 15 is 0 Å². The van der Waals surface area contributed by atoms with Crippen LogP contribution in [0.2, 0.25) is 0 Å². The van der Waals surface area contributed by atoms with Gasteiger partial charge in [0.25, 0.3) is 11.8 Å². The molecule has 10 heteroatoms. The van der Waals surface area contributed by atoms with Crippen molar-refractivity contribution in [3.63, 3.8) is 0 Å². The lowest BCUT2D eigenvalue weighted by molar-refractivity contribution is -0.131. The number of carbonyl (C=O) groups excluding carboxylic acids is 2. The number of nitriles is 1. The Morgan fingerprint density at radius 2 is 2.03 bits per heavy atom. The highest BCUT2D eigenvalue weighted by molar-refractivity contribution is 6.07. The Balaban J connectivity index is 1.55. The molecular weight excluding hydrogens is 420 g/mol. The van der Waals surface area contributed by atoms with Gasteiger partial charge in [-0.05, 0) is 35.4 Å². The fourth-order valence-electron chi connectivity index (χ4n) is 3.66. The van der Waals surface area contributed by atoms with E-state index in [1.165, 1.54) is 18.3 Å². The topological polar surface area (TPSA) is 119 Å². The lowest BCUT2D eigenvalue weighted by Gasteiger charge is -2.19. The van der Waals surface area contributed by atoms with E-state index in [0.717, 1.165) is 16.0 Å². The first-order chi connectivity index (χ1) is 15.3. The van der Waals surface area contributed by atoms with Crippen LogP contribution in [0.4, 0.5) is 8.78 Å². The van der Waals surface area contributed by atoms with E-state index in [4.69, 9.17) is 5.26 Å². The molecule has 1 saturated heterocycles. The number of nitrogens with one attached hydrogen (secondary N) is 2. The number of aromatic amines is 1. The van der Waals surface area contributed by atoms with E-state index in [0.29, 0.717) is 10.9 Å². The van der Waals surface area contributed by atoms with E-state index < -0.39 is 43.3 Å². The molecule has 1 atom stereocenters. The van der Waals surface area contributed by atoms with Crippen molar-refractivity contribution in [3.8, 4) is 17.2 Å². The molecule has 4 rings (SSSR count). The van der Waals surface area contributed by atoms with Crippen molar-refractivity contribution in [3.05, 3.63) is 64.7 Å². The fraction of sp³-hybridized carbons (Fsp3) is 0.227. The average Bonchev–Trinajstić information content (AvgIpc) is 3.11. The van der Waals surface area contributed by atoms with Crippen LogP contribution in [-0.2, 0) is 4.79 Å². The second-order valence-corrected chi connectivity index (χ2v) is 7.44. The molecule has 0 saturated carbocycles. The van der Waals surface area contributed by atoms with E-state index in [1.54, 1.807) is 36.5 Å². The monoisotopic (exact) mass is 437 g/mol. The van der Waals surface area contributed by atoms with E-state index in [2.05, 4.69) is 15.3 Å². The van der Waals surface area contributed by atoms with Crippen molar-refractivity contribution >= 4 is 22.7 Å². The van der Waals surface area contributed by atoms with Gasteiger partial charge < -0.3 is 15.2 Å². The predicted molar refractivity (Wildman–Crippen MR) is 111 cm³/mol. The molecule has 2 amide bonds. The Morgan fingerprint density at radius 1 is 1.25 bits per heavy atom. The van der Waals surface area contributed by atoms with Crippen LogP contribution in [0.3, 0.4) is 0 Å². The highest BCUT2D eigenvalue weighted by Crippen LogP contribution is 2.31. The summed E-state index contributed by atoms with van der Waals surface area (Å²) in [5.74, 6) is -4.46. The number of hydrogen-bond donors (Lipinski definition) is 2. The number of amides is 2. The molecule has 1 aliphatic rings. The van der Waals surface area contributed by atoms with Crippen molar-refractivity contribution in [1.29, 1.82) is 5.26 Å². The average molecular weight is 437 g/mol. The molecule has 2 N–H and O–H groups in total. The van der Waals surface area contributed by atoms with Crippen LogP contribution in [0.25, 0.3) is 22.0 Å². The van der Waals surface area contributed by atoms with Crippen LogP contribution in [-0.4, -0.2) is 51.7 Å². The molecule has 0 radical (unpaired) electrons. The first-order valence-corrected chi connectivity index (χ1v) is 9.70. The number of hydrogen-bond acceptors (Lipinski definition) is 5. The van der Waals surface area contributed by atoms with Crippen LogP contribution < -0.4 is 10.9 Å². The van der Waals surface area contributed by atoms with Crippen molar-refractivity contribution in [1.82, 2.24) is 20.2 Å². The largest absolute Gasteiger partial charge is 0.343 e. The van der Waals surface area contributed by atoms with E-state index in [1.807, 2.05) is 0 Å². The summed E-state index contributed by atoms with van der Waals surface area (Å²) in [4.78, 5) is 44.0. The summed E-state index contributed by atoms with van der Waals surface area (Å²) in [5.41, 5.74) is 2.02. The molecular formula is C22H17F2N5O3. The third-order valence-electron chi connectivity index (χ3n) is 5.24. The highest BCUT2D eigenvalue weighted by Gasteiger charge is 2.47. The molecule has 1 aliphatic heterocycles. The normalized spacial score (nSPS) is 17.2. The Kier molecular flexibility index (Phi) is 5.40. The maximum atomic E-state index is 13.6. The summed E-state index contributed by atoms with van der Waals surface area (Å²) in [6.45, 7) is -1.36. The van der Waals surface area contributed by atoms with E-state index in [9.17, 15) is 23.2 Å². The minimum Gasteiger partial charge on any atom is -0.343 e. The minimum atomic E-state index is -3.13. The zero-order valence-corrected chi connectivity index (χ0v) is 16.6. The lowest BCUT2D eigenvalue weighted by Crippen LogP contribution is -2.43. The zero-order chi connectivity index (χ0) is 22.9. The molecule has 3 heterocycles. The molecule has 1 fully saturated rings. The predicted octanol–water partition coefficient (Wildman–Crippen LogP) is 2.08. The molecule has 1 unspecified atom stereocenters. The number of aromatic nitrogens is 2. The van der Waals surface area contributed by atoms with Crippen LogP contribution in [0.5, 0.6) is 0 Å². The Hall–Kier alpha value is -4.13. The van der Waals surface area contributed by atoms with Gasteiger partial charge in [-0.3, -0.25) is 19.4 Å². The van der Waals surface area contributed by atoms with Gasteiger partial charge in [-0.2, -0.15) is 5.26 Å². The standard InChI is InChI=1S/C22H17F2N5O3/c23-22(24)8-15(9-25)29(12-22)20(31)11-28-21(32)16-5-6-26-18-3-1-13(7-17(16)18)14-2-4-19(30)27-10-14/h1-7,10,15H,8,11-12H2,(H,27,30)(H,28,32). The van der Waals surface area contributed by atoms with Crippen LogP contribution in [0, 0.1) is 11.3 Å². The van der Waals surface area contributed by atoms with Gasteiger partial charge in [-0.1, -0.05) is 6.07 Å². The number of likely N-dealkylation sites (tertiary alicyclic amines) is 1. The van der Waals surface area contributed by atoms with Crippen LogP contribution in [0.1, 0.15) is 16.8 Å². The number of rotatable bonds is 4. The van der Waals surface area contributed by atoms with Gasteiger partial charge in [-0.15, -0.1) is 0 Å². The summed E-state index contributed by atoms with van der Waals surface area (Å²) < 4.78 is 27.1. The minimum absolute atomic E-state index is 0.240. The molecule has 8 nitrogen and oxygen atoms in total. The van der Waals surface area contributed by atoms with Crippen molar-refractivity contribution in [2.24, 2.45) is 0 Å². The summed E-state index contributed by atoms with van der Waals surface area (Å²) in [6, 6.07) is 10.2. The first-order valence-electron chi connectivity index (χ1n) is 9.70. The molecule has 3 aromatic rings. The first kappa shape index (κ1) is 21.1. The molecule has 0 aliphatic carbocycles. The second kappa shape index (κ2) is 8.19. The quantitative estimate of drug-likeness (QED) is 0.648. The Bertz CT molecular complexity index is 1290. The molecule has 0 bridgehead atoms. The van der Waals surface area contributed by atoms with Gasteiger partial charge in [0.2, 0.25) is 11.5 Å². The maximum Gasteiger partial charge on any atom is 0.268 e. The summed E-state index contributed by atoms with van der Waals surface area (Å²) in [7, 11) is 0. The van der Waals surface area contributed by atoms with Gasteiger partial charge >= 0.3 is 0 Å². The third-order valence-corrected chi connectivity index (χ3v) is 5.24. The van der Waals surface area contributed by atoms with Gasteiger partial charge in [0, 0.05) is 30.3 Å². The number of carbonyl (C=O) groups is 2. The molecule has 162 valence electrons. The number of alkyl halides is 2. The fourth-order valence-corrected chi connectivity index (χ4v) is 3.66. The van der Waals surface area contributed by atoms with Crippen molar-refractivity contribution in [2.75, 3.05) is 13.1 Å². The number of H-pyrrole nitrogens is 1. The number of nitrogens with zero attached hydrogens (tertiary/aromatic N) is 3.